The summed E-state index contributed by atoms with van der Waals surface area (Å²) in [7, 11) is -3.48. The third-order valence-electron chi connectivity index (χ3n) is 7.67. The number of nitrogens with zero attached hydrogens (tertiary/aromatic N) is 1. The summed E-state index contributed by atoms with van der Waals surface area (Å²) in [6.07, 6.45) is 8.50. The van der Waals surface area contributed by atoms with Crippen molar-refractivity contribution in [1.29, 1.82) is 0 Å². The number of rotatable bonds is 4. The van der Waals surface area contributed by atoms with Gasteiger partial charge in [-0.2, -0.15) is 0 Å². The number of aryl methyl sites for hydroxylation is 2. The minimum absolute atomic E-state index is 0.0755. The molecule has 0 saturated heterocycles. The van der Waals surface area contributed by atoms with E-state index in [1.54, 1.807) is 59.7 Å². The first-order valence-electron chi connectivity index (χ1n) is 13.9. The lowest BCUT2D eigenvalue weighted by molar-refractivity contribution is 0.475. The van der Waals surface area contributed by atoms with Gasteiger partial charge in [0.15, 0.2) is 14.9 Å². The molecule has 0 unspecified atom stereocenters. The largest absolute Gasteiger partial charge is 0.508 e. The van der Waals surface area contributed by atoms with Crippen LogP contribution in [0.25, 0.3) is 38.5 Å². The van der Waals surface area contributed by atoms with Crippen LogP contribution >= 0.6 is 0 Å². The fourth-order valence-corrected chi connectivity index (χ4v) is 6.58. The van der Waals surface area contributed by atoms with Gasteiger partial charge in [0.1, 0.15) is 5.75 Å². The third kappa shape index (κ3) is 5.86. The van der Waals surface area contributed by atoms with Gasteiger partial charge in [-0.25, -0.2) is 13.4 Å². The second-order valence-corrected chi connectivity index (χ2v) is 12.4. The van der Waals surface area contributed by atoms with Crippen molar-refractivity contribution in [1.82, 2.24) is 4.98 Å². The van der Waals surface area contributed by atoms with Gasteiger partial charge in [-0.1, -0.05) is 91.0 Å². The number of hydrogen-bond acceptors (Lipinski definition) is 4. The van der Waals surface area contributed by atoms with Crippen LogP contribution in [0.15, 0.2) is 120 Å². The summed E-state index contributed by atoms with van der Waals surface area (Å²) < 4.78 is 24.7. The fraction of sp³-hybridized carbons (Fsp3) is 0.139. The lowest BCUT2D eigenvalue weighted by Gasteiger charge is -2.18. The molecule has 6 aromatic rings. The SMILES string of the molecule is O=S(=O)(CC=Cc1ccc(O)cc1)c1ccc2ccccc2n1.c1ccc2c(c1)ccc1c3c(ccc12)CCCC3. The van der Waals surface area contributed by atoms with Crippen molar-refractivity contribution >= 4 is 48.4 Å². The van der Waals surface area contributed by atoms with Gasteiger partial charge in [0.05, 0.1) is 11.3 Å². The standard InChI is InChI=1S/C18H15NO3S.C18H16/c20-16-10-7-14(8-11-16)4-3-13-23(21,22)18-12-9-15-5-1-2-6-17(15)19-18;1-3-7-15-13(5-1)9-11-18-16-8-4-2-6-14(16)10-12-17(15)18/h1-12,20H,13H2;1,3,5,7,9-12H,2,4,6,8H2. The van der Waals surface area contributed by atoms with Gasteiger partial charge < -0.3 is 5.11 Å². The molecule has 1 N–H and O–H groups in total. The minimum atomic E-state index is -3.48. The van der Waals surface area contributed by atoms with Crippen molar-refractivity contribution in [3.8, 4) is 5.75 Å². The highest BCUT2D eigenvalue weighted by Gasteiger charge is 2.15. The summed E-state index contributed by atoms with van der Waals surface area (Å²) in [5, 5.41) is 15.8. The van der Waals surface area contributed by atoms with E-state index in [4.69, 9.17) is 0 Å². The minimum Gasteiger partial charge on any atom is -0.508 e. The van der Waals surface area contributed by atoms with Crippen LogP contribution in [0, 0.1) is 0 Å². The first-order chi connectivity index (χ1) is 20.0. The number of sulfone groups is 1. The predicted molar refractivity (Wildman–Crippen MR) is 169 cm³/mol. The maximum Gasteiger partial charge on any atom is 0.199 e. The number of phenols is 1. The molecule has 0 aliphatic heterocycles. The Hall–Kier alpha value is -4.48. The van der Waals surface area contributed by atoms with E-state index in [0.717, 1.165) is 10.9 Å². The molecule has 7 rings (SSSR count). The molecule has 204 valence electrons. The van der Waals surface area contributed by atoms with Crippen molar-refractivity contribution < 1.29 is 13.5 Å². The average molecular weight is 558 g/mol. The molecule has 1 aliphatic carbocycles. The molecule has 0 spiro atoms. The van der Waals surface area contributed by atoms with Crippen molar-refractivity contribution in [2.75, 3.05) is 5.75 Å². The van der Waals surface area contributed by atoms with E-state index in [2.05, 4.69) is 53.5 Å². The quantitative estimate of drug-likeness (QED) is 0.221. The molecule has 4 nitrogen and oxygen atoms in total. The Kier molecular flexibility index (Phi) is 7.53. The van der Waals surface area contributed by atoms with E-state index in [0.29, 0.717) is 5.52 Å². The number of aromatic hydroxyl groups is 1. The molecule has 1 aromatic heterocycles. The van der Waals surface area contributed by atoms with Gasteiger partial charge in [0.2, 0.25) is 0 Å². The first-order valence-corrected chi connectivity index (χ1v) is 15.6. The van der Waals surface area contributed by atoms with Gasteiger partial charge in [-0.15, -0.1) is 0 Å². The van der Waals surface area contributed by atoms with Crippen LogP contribution in [0.2, 0.25) is 0 Å². The number of benzene rings is 5. The highest BCUT2D eigenvalue weighted by molar-refractivity contribution is 7.91. The Bertz CT molecular complexity index is 1990. The number of aromatic nitrogens is 1. The predicted octanol–water partition coefficient (Wildman–Crippen LogP) is 8.30. The monoisotopic (exact) mass is 557 g/mol. The Morgan fingerprint density at radius 2 is 1.39 bits per heavy atom. The Morgan fingerprint density at radius 3 is 2.24 bits per heavy atom. The second-order valence-electron chi connectivity index (χ2n) is 10.4. The fourth-order valence-electron chi connectivity index (χ4n) is 5.54. The van der Waals surface area contributed by atoms with Crippen LogP contribution in [0.4, 0.5) is 0 Å². The van der Waals surface area contributed by atoms with Gasteiger partial charge in [-0.05, 0) is 94.3 Å². The van der Waals surface area contributed by atoms with Crippen LogP contribution in [0.1, 0.15) is 29.5 Å². The first kappa shape index (κ1) is 26.7. The van der Waals surface area contributed by atoms with E-state index in [9.17, 15) is 13.5 Å². The van der Waals surface area contributed by atoms with Crippen LogP contribution in [0.3, 0.4) is 0 Å². The van der Waals surface area contributed by atoms with Crippen molar-refractivity contribution in [3.05, 3.63) is 132 Å². The van der Waals surface area contributed by atoms with E-state index in [1.165, 1.54) is 53.3 Å². The maximum absolute atomic E-state index is 12.4. The summed E-state index contributed by atoms with van der Waals surface area (Å²) >= 11 is 0. The zero-order valence-electron chi connectivity index (χ0n) is 22.7. The molecule has 1 heterocycles. The molecule has 1 aliphatic rings. The number of phenolic OH excluding ortho intramolecular Hbond substituents is 1. The summed E-state index contributed by atoms with van der Waals surface area (Å²) in [5.74, 6) is 0.0503. The topological polar surface area (TPSA) is 67.3 Å². The molecule has 0 bridgehead atoms. The molecule has 41 heavy (non-hydrogen) atoms. The lowest BCUT2D eigenvalue weighted by Crippen LogP contribution is -2.06. The molecule has 0 fully saturated rings. The highest BCUT2D eigenvalue weighted by Crippen LogP contribution is 2.33. The second kappa shape index (κ2) is 11.6. The zero-order chi connectivity index (χ0) is 28.2. The summed E-state index contributed by atoms with van der Waals surface area (Å²) in [6.45, 7) is 0. The third-order valence-corrected chi connectivity index (χ3v) is 9.16. The van der Waals surface area contributed by atoms with E-state index >= 15 is 0 Å². The highest BCUT2D eigenvalue weighted by atomic mass is 32.2. The average Bonchev–Trinajstić information content (AvgIpc) is 3.01. The Balaban J connectivity index is 0.000000151. The number of pyridine rings is 1. The Morgan fingerprint density at radius 1 is 0.683 bits per heavy atom. The molecule has 5 aromatic carbocycles. The molecule has 5 heteroatoms. The van der Waals surface area contributed by atoms with E-state index in [1.807, 2.05) is 18.2 Å². The van der Waals surface area contributed by atoms with Crippen LogP contribution < -0.4 is 0 Å². The number of para-hydroxylation sites is 1. The number of hydrogen-bond donors (Lipinski definition) is 1. The Labute approximate surface area is 240 Å². The van der Waals surface area contributed by atoms with Crippen molar-refractivity contribution in [2.24, 2.45) is 0 Å². The molecule has 0 radical (unpaired) electrons. The van der Waals surface area contributed by atoms with Gasteiger partial charge >= 0.3 is 0 Å². The van der Waals surface area contributed by atoms with E-state index in [-0.39, 0.29) is 16.5 Å². The van der Waals surface area contributed by atoms with Crippen LogP contribution in [0.5, 0.6) is 5.75 Å². The molecule has 0 amide bonds. The molecule has 0 atom stereocenters. The number of fused-ring (bicyclic) bond motifs is 6. The maximum atomic E-state index is 12.4. The molecular formula is C36H31NO3S. The van der Waals surface area contributed by atoms with Crippen LogP contribution in [-0.2, 0) is 22.7 Å². The normalized spacial score (nSPS) is 13.3. The van der Waals surface area contributed by atoms with Crippen molar-refractivity contribution in [3.63, 3.8) is 0 Å². The zero-order valence-corrected chi connectivity index (χ0v) is 23.5. The summed E-state index contributed by atoms with van der Waals surface area (Å²) in [6, 6.07) is 35.2. The van der Waals surface area contributed by atoms with Gasteiger partial charge in [0, 0.05) is 5.39 Å². The lowest BCUT2D eigenvalue weighted by atomic mass is 9.86. The van der Waals surface area contributed by atoms with E-state index < -0.39 is 9.84 Å². The molecular weight excluding hydrogens is 526 g/mol. The smallest absolute Gasteiger partial charge is 0.199 e. The van der Waals surface area contributed by atoms with Crippen molar-refractivity contribution in [2.45, 2.75) is 30.7 Å². The summed E-state index contributed by atoms with van der Waals surface area (Å²) in [4.78, 5) is 4.23. The molecule has 0 saturated carbocycles. The van der Waals surface area contributed by atoms with Gasteiger partial charge in [0.25, 0.3) is 0 Å². The van der Waals surface area contributed by atoms with Crippen LogP contribution in [-0.4, -0.2) is 24.3 Å². The van der Waals surface area contributed by atoms with Gasteiger partial charge in [-0.3, -0.25) is 0 Å². The summed E-state index contributed by atoms with van der Waals surface area (Å²) in [5.41, 5.74) is 4.66.